The highest BCUT2D eigenvalue weighted by atomic mass is 128. The summed E-state index contributed by atoms with van der Waals surface area (Å²) in [5.74, 6) is 0.185. The minimum Gasteiger partial charge on any atom is -0.508 e. The van der Waals surface area contributed by atoms with Crippen molar-refractivity contribution < 1.29 is 10.2 Å². The molecular formula is C9H9I2NO2. The zero-order chi connectivity index (χ0) is 11.0. The number of halogens is 2. The van der Waals surface area contributed by atoms with Crippen LogP contribution in [0.25, 0.3) is 0 Å². The van der Waals surface area contributed by atoms with Gasteiger partial charge in [0, 0.05) is 43.7 Å². The molecule has 0 aliphatic rings. The zero-order valence-corrected chi connectivity index (χ0v) is 11.5. The Kier molecular flexibility index (Phi) is 8.21. The summed E-state index contributed by atoms with van der Waals surface area (Å²) in [7, 11) is 0. The lowest BCUT2D eigenvalue weighted by Crippen LogP contribution is -2.06. The standard InChI is InChI=1S/C9H9NO2.I2/c10-6-9(12)5-7-1-3-8(11)4-2-7;1-2/h1-4,9,11-12H,5H2;. The molecule has 3 nitrogen and oxygen atoms in total. The molecule has 0 aliphatic heterocycles. The van der Waals surface area contributed by atoms with E-state index >= 15 is 0 Å². The predicted molar refractivity (Wildman–Crippen MR) is 71.5 cm³/mol. The summed E-state index contributed by atoms with van der Waals surface area (Å²) < 4.78 is 0. The Hall–Kier alpha value is -0.0700. The second-order valence-corrected chi connectivity index (χ2v) is 2.52. The minimum absolute atomic E-state index is 0.185. The molecule has 0 heterocycles. The number of benzene rings is 1. The van der Waals surface area contributed by atoms with E-state index in [4.69, 9.17) is 15.5 Å². The zero-order valence-electron chi connectivity index (χ0n) is 7.19. The van der Waals surface area contributed by atoms with Gasteiger partial charge in [-0.05, 0) is 17.7 Å². The van der Waals surface area contributed by atoms with Crippen molar-refractivity contribution in [2.24, 2.45) is 0 Å². The first-order chi connectivity index (χ1) is 6.72. The van der Waals surface area contributed by atoms with E-state index in [0.717, 1.165) is 5.56 Å². The van der Waals surface area contributed by atoms with E-state index in [9.17, 15) is 0 Å². The number of aromatic hydroxyl groups is 1. The highest BCUT2D eigenvalue weighted by Crippen LogP contribution is 2.10. The van der Waals surface area contributed by atoms with Crippen LogP contribution in [-0.2, 0) is 6.42 Å². The Morgan fingerprint density at radius 3 is 2.21 bits per heavy atom. The molecule has 1 aromatic rings. The van der Waals surface area contributed by atoms with E-state index in [2.05, 4.69) is 37.2 Å². The molecule has 1 unspecified atom stereocenters. The number of aliphatic hydroxyl groups is 1. The van der Waals surface area contributed by atoms with E-state index in [1.54, 1.807) is 18.2 Å². The van der Waals surface area contributed by atoms with Gasteiger partial charge in [0.2, 0.25) is 0 Å². The smallest absolute Gasteiger partial charge is 0.144 e. The molecule has 0 aromatic heterocycles. The number of aliphatic hydroxyl groups excluding tert-OH is 1. The van der Waals surface area contributed by atoms with Crippen molar-refractivity contribution >= 4 is 37.2 Å². The van der Waals surface area contributed by atoms with Gasteiger partial charge in [-0.25, -0.2) is 0 Å². The molecule has 76 valence electrons. The highest BCUT2D eigenvalue weighted by Gasteiger charge is 2.02. The number of hydrogen-bond acceptors (Lipinski definition) is 3. The van der Waals surface area contributed by atoms with Crippen LogP contribution in [0.3, 0.4) is 0 Å². The van der Waals surface area contributed by atoms with Crippen LogP contribution >= 0.6 is 37.2 Å². The molecule has 14 heavy (non-hydrogen) atoms. The maximum absolute atomic E-state index is 8.96. The van der Waals surface area contributed by atoms with Gasteiger partial charge < -0.3 is 10.2 Å². The fourth-order valence-electron chi connectivity index (χ4n) is 0.901. The van der Waals surface area contributed by atoms with Gasteiger partial charge in [-0.3, -0.25) is 0 Å². The van der Waals surface area contributed by atoms with E-state index in [1.165, 1.54) is 12.1 Å². The first-order valence-electron chi connectivity index (χ1n) is 3.72. The Morgan fingerprint density at radius 2 is 1.79 bits per heavy atom. The number of rotatable bonds is 2. The van der Waals surface area contributed by atoms with E-state index < -0.39 is 6.10 Å². The van der Waals surface area contributed by atoms with Crippen LogP contribution in [0.1, 0.15) is 5.56 Å². The van der Waals surface area contributed by atoms with Crippen LogP contribution < -0.4 is 0 Å². The van der Waals surface area contributed by atoms with Crippen molar-refractivity contribution in [1.29, 1.82) is 5.26 Å². The van der Waals surface area contributed by atoms with E-state index in [-0.39, 0.29) is 5.75 Å². The van der Waals surface area contributed by atoms with Crippen molar-refractivity contribution in [3.05, 3.63) is 29.8 Å². The Labute approximate surface area is 106 Å². The third kappa shape index (κ3) is 5.62. The number of phenols is 1. The Bertz CT molecular complexity index is 295. The minimum atomic E-state index is -0.963. The van der Waals surface area contributed by atoms with E-state index in [0.29, 0.717) is 6.42 Å². The van der Waals surface area contributed by atoms with Crippen molar-refractivity contribution in [2.45, 2.75) is 12.5 Å². The van der Waals surface area contributed by atoms with Gasteiger partial charge in [-0.1, -0.05) is 12.1 Å². The predicted octanol–water partition coefficient (Wildman–Crippen LogP) is 2.59. The van der Waals surface area contributed by atoms with Gasteiger partial charge in [-0.2, -0.15) is 5.26 Å². The molecule has 1 rings (SSSR count). The molecule has 0 aliphatic carbocycles. The number of hydrogen-bond donors (Lipinski definition) is 2. The average Bonchev–Trinajstić information content (AvgIpc) is 2.24. The maximum atomic E-state index is 8.96. The summed E-state index contributed by atoms with van der Waals surface area (Å²) in [4.78, 5) is 0. The third-order valence-electron chi connectivity index (χ3n) is 1.51. The molecule has 5 heteroatoms. The average molecular weight is 417 g/mol. The molecule has 0 radical (unpaired) electrons. The molecule has 0 amide bonds. The Morgan fingerprint density at radius 1 is 1.29 bits per heavy atom. The molecule has 1 aromatic carbocycles. The number of nitrogens with zero attached hydrogens (tertiary/aromatic N) is 1. The van der Waals surface area contributed by atoms with Gasteiger partial charge in [-0.15, -0.1) is 0 Å². The number of nitriles is 1. The monoisotopic (exact) mass is 417 g/mol. The summed E-state index contributed by atoms with van der Waals surface area (Å²) in [6.07, 6.45) is -0.661. The summed E-state index contributed by atoms with van der Waals surface area (Å²) in [6, 6.07) is 8.13. The van der Waals surface area contributed by atoms with Crippen molar-refractivity contribution in [3.63, 3.8) is 0 Å². The summed E-state index contributed by atoms with van der Waals surface area (Å²) in [5, 5.41) is 26.2. The van der Waals surface area contributed by atoms with Crippen LogP contribution in [0.2, 0.25) is 0 Å². The van der Waals surface area contributed by atoms with Gasteiger partial charge in [0.15, 0.2) is 0 Å². The van der Waals surface area contributed by atoms with Gasteiger partial charge in [0.25, 0.3) is 0 Å². The summed E-state index contributed by atoms with van der Waals surface area (Å²) in [6.45, 7) is 0. The SMILES string of the molecule is II.N#CC(O)Cc1ccc(O)cc1. The van der Waals surface area contributed by atoms with Crippen LogP contribution in [0.15, 0.2) is 24.3 Å². The summed E-state index contributed by atoms with van der Waals surface area (Å²) >= 11 is 4.24. The third-order valence-corrected chi connectivity index (χ3v) is 1.51. The second kappa shape index (κ2) is 8.26. The largest absolute Gasteiger partial charge is 0.508 e. The maximum Gasteiger partial charge on any atom is 0.144 e. The quantitative estimate of drug-likeness (QED) is 0.575. The number of phenolic OH excluding ortho intramolecular Hbond substituents is 1. The lowest BCUT2D eigenvalue weighted by Gasteiger charge is -2.01. The van der Waals surface area contributed by atoms with Crippen LogP contribution in [0.4, 0.5) is 0 Å². The highest BCUT2D eigenvalue weighted by molar-refractivity contribution is 15.0. The molecule has 0 fully saturated rings. The lowest BCUT2D eigenvalue weighted by molar-refractivity contribution is 0.231. The normalized spacial score (nSPS) is 10.7. The van der Waals surface area contributed by atoms with Crippen LogP contribution in [0.5, 0.6) is 5.75 Å². The fraction of sp³-hybridized carbons (Fsp3) is 0.222. The molecule has 0 spiro atoms. The molecule has 2 N–H and O–H groups in total. The van der Waals surface area contributed by atoms with Gasteiger partial charge >= 0.3 is 0 Å². The van der Waals surface area contributed by atoms with Gasteiger partial charge in [0.05, 0.1) is 6.07 Å². The topological polar surface area (TPSA) is 64.2 Å². The first kappa shape index (κ1) is 13.9. The first-order valence-corrected chi connectivity index (χ1v) is 10.0. The lowest BCUT2D eigenvalue weighted by atomic mass is 10.1. The van der Waals surface area contributed by atoms with Gasteiger partial charge in [0.1, 0.15) is 11.9 Å². The van der Waals surface area contributed by atoms with Crippen LogP contribution in [0, 0.1) is 11.3 Å². The molecule has 0 saturated carbocycles. The summed E-state index contributed by atoms with van der Waals surface area (Å²) in [5.41, 5.74) is 0.835. The van der Waals surface area contributed by atoms with Crippen LogP contribution in [-0.4, -0.2) is 16.3 Å². The molecule has 0 bridgehead atoms. The molecule has 1 atom stereocenters. The van der Waals surface area contributed by atoms with E-state index in [1.807, 2.05) is 0 Å². The fourth-order valence-corrected chi connectivity index (χ4v) is 0.901. The van der Waals surface area contributed by atoms with Crippen molar-refractivity contribution in [1.82, 2.24) is 0 Å². The van der Waals surface area contributed by atoms with Crippen molar-refractivity contribution in [2.75, 3.05) is 0 Å². The Balaban J connectivity index is 0.000000791. The molecular weight excluding hydrogens is 408 g/mol. The van der Waals surface area contributed by atoms with Crippen molar-refractivity contribution in [3.8, 4) is 11.8 Å². The molecule has 0 saturated heterocycles. The second-order valence-electron chi connectivity index (χ2n) is 2.52.